The summed E-state index contributed by atoms with van der Waals surface area (Å²) in [6.07, 6.45) is 20.6. The summed E-state index contributed by atoms with van der Waals surface area (Å²) in [5.41, 5.74) is 15.1. The first-order chi connectivity index (χ1) is 39.8. The summed E-state index contributed by atoms with van der Waals surface area (Å²) in [6, 6.07) is 16.9. The Morgan fingerprint density at radius 2 is 1.29 bits per heavy atom. The molecule has 0 saturated heterocycles. The fraction of sp³-hybridized carbons (Fsp3) is 0.540. The van der Waals surface area contributed by atoms with E-state index in [0.29, 0.717) is 56.5 Å². The quantitative estimate of drug-likeness (QED) is 0.0254. The molecule has 0 saturated carbocycles. The monoisotopic (exact) mass is 1130 g/mol. The second-order valence-corrected chi connectivity index (χ2v) is 22.2. The van der Waals surface area contributed by atoms with E-state index in [0.717, 1.165) is 41.3 Å². The number of phenolic OH excluding ortho intramolecular Hbond substituents is 1. The Morgan fingerprint density at radius 1 is 0.659 bits per heavy atom. The van der Waals surface area contributed by atoms with Crippen molar-refractivity contribution in [1.29, 1.82) is 0 Å². The van der Waals surface area contributed by atoms with Crippen molar-refractivity contribution in [2.24, 2.45) is 17.4 Å². The number of nitrogens with two attached hydrogens (primary N) is 2. The number of nitrogens with zero attached hydrogens (tertiary/aromatic N) is 3. The van der Waals surface area contributed by atoms with Gasteiger partial charge in [-0.15, -0.1) is 5.10 Å². The summed E-state index contributed by atoms with van der Waals surface area (Å²) in [6.45, 7) is 2.91. The minimum absolute atomic E-state index is 0.000862. The number of H-pyrrole nitrogens is 1. The first kappa shape index (κ1) is 63.8. The Kier molecular flexibility index (Phi) is 27.0. The molecule has 5 aromatic rings. The number of Topliss-reactive ketones (excluding diaryl/α,β-unsaturated/α-hetero) is 1. The third-order valence-electron chi connectivity index (χ3n) is 15.5. The minimum Gasteiger partial charge on any atom is -0.508 e. The molecule has 19 nitrogen and oxygen atoms in total. The number of aromatic amines is 1. The number of amides is 6. The number of carbonyl (C=O) groups is 7. The number of unbranched alkanes of at least 4 members (excludes halogenated alkanes) is 13. The van der Waals surface area contributed by atoms with Crippen molar-refractivity contribution in [3.05, 3.63) is 114 Å². The van der Waals surface area contributed by atoms with Crippen LogP contribution in [0.2, 0.25) is 0 Å². The van der Waals surface area contributed by atoms with E-state index >= 15 is 0 Å². The fourth-order valence-corrected chi connectivity index (χ4v) is 10.7. The molecule has 0 spiro atoms. The van der Waals surface area contributed by atoms with Gasteiger partial charge in [-0.05, 0) is 99.2 Å². The molecule has 3 heterocycles. The number of fused-ring (bicyclic) bond motifs is 3. The van der Waals surface area contributed by atoms with Gasteiger partial charge in [0.2, 0.25) is 35.4 Å². The molecule has 0 aliphatic carbocycles. The van der Waals surface area contributed by atoms with E-state index in [1.165, 1.54) is 69.9 Å². The summed E-state index contributed by atoms with van der Waals surface area (Å²) in [7, 11) is 0. The molecule has 6 atom stereocenters. The van der Waals surface area contributed by atoms with Crippen LogP contribution in [0.25, 0.3) is 10.9 Å². The molecule has 11 N–H and O–H groups in total. The van der Waals surface area contributed by atoms with E-state index in [1.807, 2.05) is 54.6 Å². The van der Waals surface area contributed by atoms with Gasteiger partial charge in [-0.1, -0.05) is 150 Å². The van der Waals surface area contributed by atoms with E-state index < -0.39 is 71.4 Å². The lowest BCUT2D eigenvalue weighted by Gasteiger charge is -2.27. The standard InChI is InChI=1S/C63H89N11O8/c1-2-3-4-5-6-7-8-9-10-11-12-13-17-30-58(77)67-56-41-48-43-74(73-72-48)36-23-21-28-52(59(65)78)68-60(79)46(37-44-24-15-14-16-25-44)40-57(76)54(38-45-31-33-49(75)34-32-45)70-61(80)53(29-20-22-35-64)69-62(81)55(71-63(56)82)39-47-42-66-51-27-19-18-26-50(47)51/h14-16,18-19,24-27,31-34,42-43,46,52-56,66,75H,2-13,17,20-23,28-30,35-41,64H2,1H3,(H2,65,78)(H,67,77)(H,68,79)(H,69,81)(H,70,80)(H,71,82)/t46-,52-,53+,54+,55+,56-/m1/s1. The maximum Gasteiger partial charge on any atom is 0.243 e. The highest BCUT2D eigenvalue weighted by Gasteiger charge is 2.35. The Morgan fingerprint density at radius 3 is 1.99 bits per heavy atom. The summed E-state index contributed by atoms with van der Waals surface area (Å²) in [5, 5.41) is 34.2. The molecule has 19 heteroatoms. The number of carbonyl (C=O) groups excluding carboxylic acids is 7. The van der Waals surface area contributed by atoms with E-state index in [4.69, 9.17) is 11.5 Å². The molecule has 6 rings (SSSR count). The van der Waals surface area contributed by atoms with Crippen LogP contribution >= 0.6 is 0 Å². The van der Waals surface area contributed by atoms with Gasteiger partial charge in [0.15, 0.2) is 5.78 Å². The van der Waals surface area contributed by atoms with Crippen LogP contribution in [0.1, 0.15) is 164 Å². The second kappa shape index (κ2) is 34.8. The number of primary amides is 1. The van der Waals surface area contributed by atoms with Gasteiger partial charge in [0, 0.05) is 61.4 Å². The van der Waals surface area contributed by atoms with Gasteiger partial charge >= 0.3 is 0 Å². The maximum absolute atomic E-state index is 15.0. The lowest BCUT2D eigenvalue weighted by atomic mass is 9.89. The number of rotatable bonds is 26. The molecule has 1 aliphatic heterocycles. The number of ketones is 1. The van der Waals surface area contributed by atoms with Crippen LogP contribution in [0, 0.1) is 5.92 Å². The zero-order chi connectivity index (χ0) is 58.5. The number of hydrogen-bond donors (Lipinski definition) is 9. The number of aromatic nitrogens is 4. The highest BCUT2D eigenvalue weighted by molar-refractivity contribution is 5.98. The highest BCUT2D eigenvalue weighted by Crippen LogP contribution is 2.22. The normalized spacial score (nSPS) is 20.0. The number of hydrogen-bond acceptors (Lipinski definition) is 11. The molecule has 444 valence electrons. The van der Waals surface area contributed by atoms with Crippen LogP contribution in [0.5, 0.6) is 5.75 Å². The van der Waals surface area contributed by atoms with E-state index in [-0.39, 0.29) is 63.0 Å². The Bertz CT molecular complexity index is 2780. The molecular weight excluding hydrogens is 1040 g/mol. The lowest BCUT2D eigenvalue weighted by Crippen LogP contribution is -2.58. The van der Waals surface area contributed by atoms with E-state index in [1.54, 1.807) is 29.2 Å². The average molecular weight is 1130 g/mol. The smallest absolute Gasteiger partial charge is 0.243 e. The van der Waals surface area contributed by atoms with Gasteiger partial charge in [-0.3, -0.25) is 38.2 Å². The molecule has 1 aliphatic rings. The van der Waals surface area contributed by atoms with Crippen molar-refractivity contribution in [2.75, 3.05) is 6.54 Å². The topological polar surface area (TPSA) is 298 Å². The SMILES string of the molecule is CCCCCCCCCCCCCCCC(=O)N[C@@H]1Cc2cn(nn2)CCCC[C@H](C(N)=O)NC(=O)[C@H](Cc2ccccc2)CC(=O)[C@H](Cc2ccc(O)cc2)NC(=O)[C@H](CCCCN)NC(=O)[C@H](Cc2c[nH]c3ccccc23)NC1=O. The van der Waals surface area contributed by atoms with Gasteiger partial charge in [0.25, 0.3) is 0 Å². The molecule has 2 aromatic heterocycles. The summed E-state index contributed by atoms with van der Waals surface area (Å²) < 4.78 is 1.61. The van der Waals surface area contributed by atoms with Crippen LogP contribution in [0.4, 0.5) is 0 Å². The highest BCUT2D eigenvalue weighted by atomic mass is 16.3. The Balaban J connectivity index is 1.28. The van der Waals surface area contributed by atoms with Crippen molar-refractivity contribution in [3.63, 3.8) is 0 Å². The van der Waals surface area contributed by atoms with Crippen LogP contribution < -0.4 is 38.1 Å². The van der Waals surface area contributed by atoms with Gasteiger partial charge in [-0.2, -0.15) is 0 Å². The molecule has 2 bridgehead atoms. The Hall–Kier alpha value is -7.41. The van der Waals surface area contributed by atoms with Crippen molar-refractivity contribution in [3.8, 4) is 5.75 Å². The molecule has 0 unspecified atom stereocenters. The average Bonchev–Trinajstić information content (AvgIpc) is 4.32. The molecule has 82 heavy (non-hydrogen) atoms. The first-order valence-corrected chi connectivity index (χ1v) is 30.1. The van der Waals surface area contributed by atoms with Crippen LogP contribution in [0.15, 0.2) is 91.3 Å². The van der Waals surface area contributed by atoms with Crippen LogP contribution in [-0.2, 0) is 65.8 Å². The van der Waals surface area contributed by atoms with E-state index in [2.05, 4.69) is 48.8 Å². The first-order valence-electron chi connectivity index (χ1n) is 30.1. The molecule has 0 fully saturated rings. The van der Waals surface area contributed by atoms with Gasteiger partial charge in [-0.25, -0.2) is 0 Å². The van der Waals surface area contributed by atoms with Crippen molar-refractivity contribution >= 4 is 52.1 Å². The maximum atomic E-state index is 15.0. The largest absolute Gasteiger partial charge is 0.508 e. The third kappa shape index (κ3) is 21.8. The zero-order valence-corrected chi connectivity index (χ0v) is 48.0. The number of aryl methyl sites for hydroxylation is 1. The van der Waals surface area contributed by atoms with Gasteiger partial charge in [0.05, 0.1) is 11.7 Å². The number of benzene rings is 3. The molecule has 3 aromatic carbocycles. The van der Waals surface area contributed by atoms with Gasteiger partial charge in [0.1, 0.15) is 29.9 Å². The second-order valence-electron chi connectivity index (χ2n) is 22.2. The number of para-hydroxylation sites is 1. The number of aromatic hydroxyl groups is 1. The summed E-state index contributed by atoms with van der Waals surface area (Å²) in [5.74, 6) is -5.13. The van der Waals surface area contributed by atoms with Crippen LogP contribution in [-0.4, -0.2) is 103 Å². The zero-order valence-electron chi connectivity index (χ0n) is 48.0. The Labute approximate surface area is 483 Å². The summed E-state index contributed by atoms with van der Waals surface area (Å²) >= 11 is 0. The van der Waals surface area contributed by atoms with Gasteiger partial charge < -0.3 is 48.1 Å². The number of phenols is 1. The molecular formula is C63H89N11O8. The lowest BCUT2D eigenvalue weighted by molar-refractivity contribution is -0.135. The third-order valence-corrected chi connectivity index (χ3v) is 15.5. The van der Waals surface area contributed by atoms with E-state index in [9.17, 15) is 38.7 Å². The predicted molar refractivity (Wildman–Crippen MR) is 317 cm³/mol. The van der Waals surface area contributed by atoms with Crippen molar-refractivity contribution in [2.45, 2.75) is 204 Å². The summed E-state index contributed by atoms with van der Waals surface area (Å²) in [4.78, 5) is 104. The van der Waals surface area contributed by atoms with Crippen molar-refractivity contribution in [1.82, 2.24) is 46.6 Å². The van der Waals surface area contributed by atoms with Crippen molar-refractivity contribution < 1.29 is 38.7 Å². The predicted octanol–water partition coefficient (Wildman–Crippen LogP) is 7.01. The fourth-order valence-electron chi connectivity index (χ4n) is 10.7. The van der Waals surface area contributed by atoms with Crippen LogP contribution in [0.3, 0.4) is 0 Å². The number of nitrogens with one attached hydrogen (secondary N) is 6. The minimum atomic E-state index is -1.27. The molecule has 0 radical (unpaired) electrons. The molecule has 6 amide bonds.